The first-order valence-electron chi connectivity index (χ1n) is 7.32. The summed E-state index contributed by atoms with van der Waals surface area (Å²) >= 11 is 1.71. The van der Waals surface area contributed by atoms with Gasteiger partial charge >= 0.3 is 0 Å². The van der Waals surface area contributed by atoms with E-state index in [1.54, 1.807) is 17.7 Å². The van der Waals surface area contributed by atoms with E-state index >= 15 is 0 Å². The first-order chi connectivity index (χ1) is 9.66. The molecule has 2 atom stereocenters. The molecule has 108 valence electrons. The molecule has 0 aliphatic heterocycles. The molecular weight excluding hydrogens is 270 g/mol. The van der Waals surface area contributed by atoms with E-state index in [-0.39, 0.29) is 12.1 Å². The number of aromatic nitrogens is 2. The van der Waals surface area contributed by atoms with E-state index in [9.17, 15) is 5.11 Å². The topological polar surface area (TPSA) is 58.0 Å². The Balaban J connectivity index is 1.93. The molecule has 1 fully saturated rings. The molecule has 4 nitrogen and oxygen atoms in total. The maximum Gasteiger partial charge on any atom is 0.138 e. The highest BCUT2D eigenvalue weighted by molar-refractivity contribution is 7.18. The van der Waals surface area contributed by atoms with Gasteiger partial charge in [-0.3, -0.25) is 0 Å². The zero-order chi connectivity index (χ0) is 14.1. The fourth-order valence-corrected chi connectivity index (χ4v) is 3.92. The van der Waals surface area contributed by atoms with Crippen molar-refractivity contribution in [1.29, 1.82) is 0 Å². The van der Waals surface area contributed by atoms with E-state index in [1.165, 1.54) is 23.3 Å². The largest absolute Gasteiger partial charge is 0.391 e. The Morgan fingerprint density at radius 1 is 1.20 bits per heavy atom. The molecule has 0 amide bonds. The van der Waals surface area contributed by atoms with Crippen molar-refractivity contribution in [2.45, 2.75) is 58.1 Å². The van der Waals surface area contributed by atoms with Gasteiger partial charge in [0.1, 0.15) is 17.0 Å². The van der Waals surface area contributed by atoms with Crippen LogP contribution in [0.1, 0.15) is 42.5 Å². The second-order valence-electron chi connectivity index (χ2n) is 5.64. The number of thiophene rings is 1. The third-order valence-corrected chi connectivity index (χ3v) is 5.38. The van der Waals surface area contributed by atoms with Crippen molar-refractivity contribution in [3.8, 4) is 0 Å². The lowest BCUT2D eigenvalue weighted by Crippen LogP contribution is -2.32. The Morgan fingerprint density at radius 3 is 2.85 bits per heavy atom. The van der Waals surface area contributed by atoms with E-state index in [1.807, 2.05) is 0 Å². The van der Waals surface area contributed by atoms with E-state index in [4.69, 9.17) is 0 Å². The average molecular weight is 291 g/mol. The van der Waals surface area contributed by atoms with Crippen LogP contribution in [0.4, 0.5) is 5.82 Å². The molecule has 3 rings (SSSR count). The summed E-state index contributed by atoms with van der Waals surface area (Å²) in [5.41, 5.74) is 1.25. The van der Waals surface area contributed by atoms with Crippen molar-refractivity contribution in [3.05, 3.63) is 16.8 Å². The number of nitrogens with zero attached hydrogens (tertiary/aromatic N) is 2. The third-order valence-electron chi connectivity index (χ3n) is 4.27. The van der Waals surface area contributed by atoms with Crippen molar-refractivity contribution in [2.24, 2.45) is 0 Å². The Bertz CT molecular complexity index is 610. The second kappa shape index (κ2) is 5.66. The van der Waals surface area contributed by atoms with E-state index in [0.29, 0.717) is 0 Å². The smallest absolute Gasteiger partial charge is 0.138 e. The van der Waals surface area contributed by atoms with Gasteiger partial charge in [-0.15, -0.1) is 11.3 Å². The predicted molar refractivity (Wildman–Crippen MR) is 83.4 cm³/mol. The molecule has 0 radical (unpaired) electrons. The summed E-state index contributed by atoms with van der Waals surface area (Å²) < 4.78 is 0. The van der Waals surface area contributed by atoms with Crippen molar-refractivity contribution >= 4 is 27.4 Å². The fraction of sp³-hybridized carbons (Fsp3) is 0.600. The van der Waals surface area contributed by atoms with Crippen LogP contribution in [-0.2, 0) is 0 Å². The SMILES string of the molecule is Cc1sc2ncnc(NC3CCCCCC3O)c2c1C. The maximum absolute atomic E-state index is 10.3. The molecule has 2 aromatic rings. The summed E-state index contributed by atoms with van der Waals surface area (Å²) in [6.07, 6.45) is 6.73. The van der Waals surface area contributed by atoms with Crippen LogP contribution in [0, 0.1) is 13.8 Å². The molecule has 0 spiro atoms. The van der Waals surface area contributed by atoms with Gasteiger partial charge in [-0.25, -0.2) is 9.97 Å². The van der Waals surface area contributed by atoms with Gasteiger partial charge in [-0.1, -0.05) is 19.3 Å². The van der Waals surface area contributed by atoms with Crippen LogP contribution in [0.15, 0.2) is 6.33 Å². The Morgan fingerprint density at radius 2 is 2.00 bits per heavy atom. The molecule has 1 aliphatic carbocycles. The molecule has 0 bridgehead atoms. The first-order valence-corrected chi connectivity index (χ1v) is 8.14. The van der Waals surface area contributed by atoms with E-state index < -0.39 is 0 Å². The summed E-state index contributed by atoms with van der Waals surface area (Å²) in [5, 5.41) is 14.8. The number of hydrogen-bond donors (Lipinski definition) is 2. The van der Waals surface area contributed by atoms with Crippen LogP contribution in [0.2, 0.25) is 0 Å². The number of rotatable bonds is 2. The summed E-state index contributed by atoms with van der Waals surface area (Å²) in [5.74, 6) is 0.878. The van der Waals surface area contributed by atoms with Gasteiger partial charge in [0.25, 0.3) is 0 Å². The van der Waals surface area contributed by atoms with Crippen LogP contribution in [-0.4, -0.2) is 27.2 Å². The van der Waals surface area contributed by atoms with Crippen molar-refractivity contribution in [3.63, 3.8) is 0 Å². The number of hydrogen-bond acceptors (Lipinski definition) is 5. The van der Waals surface area contributed by atoms with Gasteiger partial charge in [-0.05, 0) is 32.3 Å². The third kappa shape index (κ3) is 2.52. The quantitative estimate of drug-likeness (QED) is 0.832. The minimum atomic E-state index is -0.275. The Kier molecular flexibility index (Phi) is 3.89. The normalized spacial score (nSPS) is 23.8. The number of nitrogens with one attached hydrogen (secondary N) is 1. The molecule has 2 heterocycles. The number of aryl methyl sites for hydroxylation is 2. The van der Waals surface area contributed by atoms with Gasteiger partial charge < -0.3 is 10.4 Å². The van der Waals surface area contributed by atoms with Gasteiger partial charge in [0, 0.05) is 4.88 Å². The highest BCUT2D eigenvalue weighted by Crippen LogP contribution is 2.33. The van der Waals surface area contributed by atoms with E-state index in [0.717, 1.165) is 35.3 Å². The van der Waals surface area contributed by atoms with Crippen LogP contribution in [0.25, 0.3) is 10.2 Å². The average Bonchev–Trinajstić information content (AvgIpc) is 2.60. The van der Waals surface area contributed by atoms with E-state index in [2.05, 4.69) is 29.1 Å². The maximum atomic E-state index is 10.3. The molecule has 5 heteroatoms. The Labute approximate surface area is 123 Å². The van der Waals surface area contributed by atoms with Crippen molar-refractivity contribution in [1.82, 2.24) is 9.97 Å². The molecule has 0 aromatic carbocycles. The van der Waals surface area contributed by atoms with Gasteiger partial charge in [0.15, 0.2) is 0 Å². The second-order valence-corrected chi connectivity index (χ2v) is 6.85. The molecular formula is C15H21N3OS. The zero-order valence-corrected chi connectivity index (χ0v) is 12.8. The molecule has 1 aliphatic rings. The monoisotopic (exact) mass is 291 g/mol. The van der Waals surface area contributed by atoms with Crippen molar-refractivity contribution in [2.75, 3.05) is 5.32 Å². The van der Waals surface area contributed by atoms with Crippen LogP contribution < -0.4 is 5.32 Å². The number of aliphatic hydroxyl groups excluding tert-OH is 1. The van der Waals surface area contributed by atoms with Gasteiger partial charge in [-0.2, -0.15) is 0 Å². The zero-order valence-electron chi connectivity index (χ0n) is 12.0. The standard InChI is InChI=1S/C15H21N3OS/c1-9-10(2)20-15-13(9)14(16-8-17-15)18-11-6-4-3-5-7-12(11)19/h8,11-12,19H,3-7H2,1-2H3,(H,16,17,18). The first kappa shape index (κ1) is 13.8. The lowest BCUT2D eigenvalue weighted by atomic mass is 10.1. The predicted octanol–water partition coefficient (Wildman–Crippen LogP) is 3.41. The number of aliphatic hydroxyl groups is 1. The van der Waals surface area contributed by atoms with Crippen LogP contribution in [0.5, 0.6) is 0 Å². The number of anilines is 1. The highest BCUT2D eigenvalue weighted by atomic mass is 32.1. The molecule has 2 aromatic heterocycles. The summed E-state index contributed by atoms with van der Waals surface area (Å²) in [6.45, 7) is 4.23. The van der Waals surface area contributed by atoms with Gasteiger partial charge in [0.2, 0.25) is 0 Å². The number of fused-ring (bicyclic) bond motifs is 1. The lowest BCUT2D eigenvalue weighted by molar-refractivity contribution is 0.144. The lowest BCUT2D eigenvalue weighted by Gasteiger charge is -2.22. The van der Waals surface area contributed by atoms with Crippen molar-refractivity contribution < 1.29 is 5.11 Å². The van der Waals surface area contributed by atoms with Crippen LogP contribution in [0.3, 0.4) is 0 Å². The highest BCUT2D eigenvalue weighted by Gasteiger charge is 2.23. The summed E-state index contributed by atoms with van der Waals surface area (Å²) in [7, 11) is 0. The summed E-state index contributed by atoms with van der Waals surface area (Å²) in [6, 6.07) is 0.107. The molecule has 2 unspecified atom stereocenters. The van der Waals surface area contributed by atoms with Crippen LogP contribution >= 0.6 is 11.3 Å². The fourth-order valence-electron chi connectivity index (χ4n) is 2.92. The molecule has 20 heavy (non-hydrogen) atoms. The molecule has 0 saturated heterocycles. The minimum absolute atomic E-state index is 0.107. The molecule has 2 N–H and O–H groups in total. The minimum Gasteiger partial charge on any atom is -0.391 e. The Hall–Kier alpha value is -1.20. The molecule has 1 saturated carbocycles. The summed E-state index contributed by atoms with van der Waals surface area (Å²) in [4.78, 5) is 11.1. The van der Waals surface area contributed by atoms with Gasteiger partial charge in [0.05, 0.1) is 17.5 Å².